The second-order valence-corrected chi connectivity index (χ2v) is 5.02. The molecule has 0 radical (unpaired) electrons. The maximum atomic E-state index is 12.3. The van der Waals surface area contributed by atoms with Crippen molar-refractivity contribution in [3.63, 3.8) is 0 Å². The normalized spacial score (nSPS) is 13.3. The summed E-state index contributed by atoms with van der Waals surface area (Å²) in [7, 11) is 0. The quantitative estimate of drug-likeness (QED) is 0.717. The molecule has 0 aliphatic heterocycles. The van der Waals surface area contributed by atoms with Crippen molar-refractivity contribution in [1.82, 2.24) is 0 Å². The molecule has 0 aromatic heterocycles. The van der Waals surface area contributed by atoms with Crippen LogP contribution in [0.3, 0.4) is 0 Å². The lowest BCUT2D eigenvalue weighted by Gasteiger charge is -2.12. The van der Waals surface area contributed by atoms with Crippen molar-refractivity contribution >= 4 is 45.2 Å². The second-order valence-electron chi connectivity index (χ2n) is 2.69. The molecule has 0 aliphatic rings. The first-order chi connectivity index (χ1) is 6.43. The minimum absolute atomic E-state index is 0.108. The molecular weight excluding hydrogens is 418 g/mol. The highest BCUT2D eigenvalue weighted by Gasteiger charge is 2.19. The maximum absolute atomic E-state index is 12.3. The SMILES string of the molecule is NC(c1cc(I)c(O)c(I)c1)C(F)F. The predicted octanol–water partition coefficient (Wildman–Crippen LogP) is 2.87. The van der Waals surface area contributed by atoms with E-state index >= 15 is 0 Å². The summed E-state index contributed by atoms with van der Waals surface area (Å²) in [6.45, 7) is 0. The molecule has 1 atom stereocenters. The molecule has 1 unspecified atom stereocenters. The zero-order chi connectivity index (χ0) is 10.9. The number of halogens is 4. The number of hydrogen-bond donors (Lipinski definition) is 2. The van der Waals surface area contributed by atoms with Crippen LogP contribution < -0.4 is 5.73 Å². The van der Waals surface area contributed by atoms with Crippen LogP contribution in [-0.2, 0) is 0 Å². The second kappa shape index (κ2) is 4.88. The molecule has 78 valence electrons. The number of aromatic hydroxyl groups is 1. The van der Waals surface area contributed by atoms with Gasteiger partial charge in [-0.2, -0.15) is 0 Å². The fraction of sp³-hybridized carbons (Fsp3) is 0.250. The standard InChI is InChI=1S/C8H7F2I2NO/c9-8(10)6(13)3-1-4(11)7(14)5(12)2-3/h1-2,6,8,14H,13H2. The lowest BCUT2D eigenvalue weighted by molar-refractivity contribution is 0.116. The summed E-state index contributed by atoms with van der Waals surface area (Å²) >= 11 is 3.75. The van der Waals surface area contributed by atoms with E-state index in [1.807, 2.05) is 45.2 Å². The van der Waals surface area contributed by atoms with Gasteiger partial charge in [-0.1, -0.05) is 0 Å². The summed E-state index contributed by atoms with van der Waals surface area (Å²) in [6, 6.07) is 1.64. The molecule has 0 amide bonds. The Bertz CT molecular complexity index is 323. The molecule has 6 heteroatoms. The lowest BCUT2D eigenvalue weighted by atomic mass is 10.1. The molecule has 0 bridgehead atoms. The molecule has 2 nitrogen and oxygen atoms in total. The molecule has 14 heavy (non-hydrogen) atoms. The van der Waals surface area contributed by atoms with Gasteiger partial charge in [-0.25, -0.2) is 8.78 Å². The molecular formula is C8H7F2I2NO. The van der Waals surface area contributed by atoms with E-state index in [4.69, 9.17) is 5.73 Å². The Hall–Kier alpha value is 0.300. The van der Waals surface area contributed by atoms with Gasteiger partial charge in [0.15, 0.2) is 0 Å². The molecule has 0 fully saturated rings. The molecule has 1 aromatic carbocycles. The number of phenols is 1. The number of benzene rings is 1. The third-order valence-corrected chi connectivity index (χ3v) is 3.34. The van der Waals surface area contributed by atoms with Gasteiger partial charge in [-0.15, -0.1) is 0 Å². The third kappa shape index (κ3) is 2.66. The van der Waals surface area contributed by atoms with Crippen molar-refractivity contribution in [1.29, 1.82) is 0 Å². The summed E-state index contributed by atoms with van der Waals surface area (Å²) in [5.41, 5.74) is 5.63. The third-order valence-electron chi connectivity index (χ3n) is 1.70. The van der Waals surface area contributed by atoms with E-state index in [0.717, 1.165) is 0 Å². The van der Waals surface area contributed by atoms with E-state index in [1.165, 1.54) is 12.1 Å². The van der Waals surface area contributed by atoms with Gasteiger partial charge in [0.05, 0.1) is 13.2 Å². The monoisotopic (exact) mass is 425 g/mol. The van der Waals surface area contributed by atoms with Gasteiger partial charge in [0.1, 0.15) is 5.75 Å². The Morgan fingerprint density at radius 2 is 1.64 bits per heavy atom. The smallest absolute Gasteiger partial charge is 0.257 e. The van der Waals surface area contributed by atoms with Crippen LogP contribution in [0, 0.1) is 7.14 Å². The summed E-state index contributed by atoms with van der Waals surface area (Å²) in [5.74, 6) is 0.108. The highest BCUT2D eigenvalue weighted by molar-refractivity contribution is 14.1. The van der Waals surface area contributed by atoms with Crippen molar-refractivity contribution in [2.24, 2.45) is 5.73 Å². The largest absolute Gasteiger partial charge is 0.506 e. The Kier molecular flexibility index (Phi) is 4.31. The van der Waals surface area contributed by atoms with Gasteiger partial charge in [-0.05, 0) is 62.9 Å². The van der Waals surface area contributed by atoms with Crippen LogP contribution in [0.5, 0.6) is 5.75 Å². The van der Waals surface area contributed by atoms with E-state index in [1.54, 1.807) is 0 Å². The molecule has 0 aliphatic carbocycles. The van der Waals surface area contributed by atoms with Crippen LogP contribution in [0.2, 0.25) is 0 Å². The van der Waals surface area contributed by atoms with Gasteiger partial charge < -0.3 is 10.8 Å². The first-order valence-electron chi connectivity index (χ1n) is 3.65. The minimum Gasteiger partial charge on any atom is -0.506 e. The van der Waals surface area contributed by atoms with E-state index in [2.05, 4.69) is 0 Å². The maximum Gasteiger partial charge on any atom is 0.257 e. The zero-order valence-corrected chi connectivity index (χ0v) is 11.2. The Morgan fingerprint density at radius 3 is 2.00 bits per heavy atom. The highest BCUT2D eigenvalue weighted by Crippen LogP contribution is 2.30. The van der Waals surface area contributed by atoms with Crippen molar-refractivity contribution < 1.29 is 13.9 Å². The van der Waals surface area contributed by atoms with Gasteiger partial charge in [-0.3, -0.25) is 0 Å². The average molecular weight is 425 g/mol. The van der Waals surface area contributed by atoms with Crippen LogP contribution in [-0.4, -0.2) is 11.5 Å². The number of rotatable bonds is 2. The van der Waals surface area contributed by atoms with Gasteiger partial charge in [0.25, 0.3) is 6.43 Å². The number of phenolic OH excluding ortho intramolecular Hbond substituents is 1. The highest BCUT2D eigenvalue weighted by atomic mass is 127. The molecule has 1 aromatic rings. The summed E-state index contributed by atoms with van der Waals surface area (Å²) < 4.78 is 25.6. The topological polar surface area (TPSA) is 46.2 Å². The average Bonchev–Trinajstić information content (AvgIpc) is 2.12. The van der Waals surface area contributed by atoms with Crippen LogP contribution in [0.15, 0.2) is 12.1 Å². The van der Waals surface area contributed by atoms with Gasteiger partial charge >= 0.3 is 0 Å². The van der Waals surface area contributed by atoms with Crippen LogP contribution in [0.4, 0.5) is 8.78 Å². The lowest BCUT2D eigenvalue weighted by Crippen LogP contribution is -2.19. The Labute approximate surface area is 107 Å². The Balaban J connectivity index is 3.12. The fourth-order valence-corrected chi connectivity index (χ4v) is 2.74. The molecule has 1 rings (SSSR count). The minimum atomic E-state index is -2.59. The van der Waals surface area contributed by atoms with E-state index in [-0.39, 0.29) is 5.75 Å². The molecule has 3 N–H and O–H groups in total. The molecule has 0 spiro atoms. The van der Waals surface area contributed by atoms with Crippen LogP contribution in [0.25, 0.3) is 0 Å². The first kappa shape index (κ1) is 12.4. The molecule has 0 heterocycles. The first-order valence-corrected chi connectivity index (χ1v) is 5.81. The molecule has 0 saturated heterocycles. The Morgan fingerprint density at radius 1 is 1.21 bits per heavy atom. The fourth-order valence-electron chi connectivity index (χ4n) is 0.923. The van der Waals surface area contributed by atoms with Gasteiger partial charge in [0, 0.05) is 0 Å². The molecule has 0 saturated carbocycles. The zero-order valence-electron chi connectivity index (χ0n) is 6.85. The number of hydrogen-bond acceptors (Lipinski definition) is 2. The van der Waals surface area contributed by atoms with Crippen molar-refractivity contribution in [3.05, 3.63) is 24.8 Å². The van der Waals surface area contributed by atoms with Crippen molar-refractivity contribution in [3.8, 4) is 5.75 Å². The van der Waals surface area contributed by atoms with Crippen molar-refractivity contribution in [2.75, 3.05) is 0 Å². The van der Waals surface area contributed by atoms with Crippen LogP contribution in [0.1, 0.15) is 11.6 Å². The number of alkyl halides is 2. The summed E-state index contributed by atoms with van der Waals surface area (Å²) in [6.07, 6.45) is -2.59. The predicted molar refractivity (Wildman–Crippen MR) is 66.5 cm³/mol. The van der Waals surface area contributed by atoms with E-state index in [9.17, 15) is 13.9 Å². The van der Waals surface area contributed by atoms with Gasteiger partial charge in [0.2, 0.25) is 0 Å². The van der Waals surface area contributed by atoms with Crippen LogP contribution >= 0.6 is 45.2 Å². The summed E-state index contributed by atoms with van der Waals surface area (Å²) in [5, 5.41) is 9.41. The summed E-state index contributed by atoms with van der Waals surface area (Å²) in [4.78, 5) is 0. The number of nitrogens with two attached hydrogens (primary N) is 1. The van der Waals surface area contributed by atoms with E-state index < -0.39 is 12.5 Å². The van der Waals surface area contributed by atoms with Crippen molar-refractivity contribution in [2.45, 2.75) is 12.5 Å². The van der Waals surface area contributed by atoms with E-state index in [0.29, 0.717) is 12.7 Å².